The SMILES string of the molecule is COC(=O)/C=C1/CCCOC1. The van der Waals surface area contributed by atoms with E-state index in [9.17, 15) is 4.79 Å². The zero-order valence-corrected chi connectivity index (χ0v) is 6.63. The second kappa shape index (κ2) is 4.13. The quantitative estimate of drug-likeness (QED) is 0.418. The average Bonchev–Trinajstić information content (AvgIpc) is 2.06. The van der Waals surface area contributed by atoms with Crippen LogP contribution in [0.15, 0.2) is 11.6 Å². The van der Waals surface area contributed by atoms with Crippen LogP contribution in [0.2, 0.25) is 0 Å². The highest BCUT2D eigenvalue weighted by Crippen LogP contribution is 2.11. The van der Waals surface area contributed by atoms with E-state index in [0.29, 0.717) is 6.61 Å². The summed E-state index contributed by atoms with van der Waals surface area (Å²) in [6, 6.07) is 0. The van der Waals surface area contributed by atoms with Crippen LogP contribution in [0.3, 0.4) is 0 Å². The predicted octanol–water partition coefficient (Wildman–Crippen LogP) is 0.896. The van der Waals surface area contributed by atoms with Crippen molar-refractivity contribution in [1.82, 2.24) is 0 Å². The van der Waals surface area contributed by atoms with E-state index in [1.54, 1.807) is 0 Å². The largest absolute Gasteiger partial charge is 0.466 e. The fraction of sp³-hybridized carbons (Fsp3) is 0.625. The minimum absolute atomic E-state index is 0.287. The first-order chi connectivity index (χ1) is 5.33. The number of carbonyl (C=O) groups is 1. The molecule has 0 N–H and O–H groups in total. The molecule has 0 atom stereocenters. The summed E-state index contributed by atoms with van der Waals surface area (Å²) in [5.74, 6) is -0.287. The van der Waals surface area contributed by atoms with Crippen LogP contribution in [-0.2, 0) is 14.3 Å². The molecule has 0 radical (unpaired) electrons. The van der Waals surface area contributed by atoms with Gasteiger partial charge in [0.25, 0.3) is 0 Å². The van der Waals surface area contributed by atoms with Crippen molar-refractivity contribution in [2.45, 2.75) is 12.8 Å². The van der Waals surface area contributed by atoms with Gasteiger partial charge in [-0.15, -0.1) is 0 Å². The summed E-state index contributed by atoms with van der Waals surface area (Å²) in [6.45, 7) is 1.38. The van der Waals surface area contributed by atoms with Gasteiger partial charge in [0, 0.05) is 12.7 Å². The summed E-state index contributed by atoms with van der Waals surface area (Å²) in [7, 11) is 1.38. The molecule has 62 valence electrons. The summed E-state index contributed by atoms with van der Waals surface area (Å²) < 4.78 is 9.63. The third-order valence-corrected chi connectivity index (χ3v) is 1.60. The maximum atomic E-state index is 10.7. The van der Waals surface area contributed by atoms with E-state index < -0.39 is 0 Å². The molecule has 0 bridgehead atoms. The molecule has 3 nitrogen and oxygen atoms in total. The van der Waals surface area contributed by atoms with E-state index in [0.717, 1.165) is 25.0 Å². The van der Waals surface area contributed by atoms with Crippen LogP contribution in [-0.4, -0.2) is 26.3 Å². The van der Waals surface area contributed by atoms with Gasteiger partial charge in [0.2, 0.25) is 0 Å². The van der Waals surface area contributed by atoms with Crippen molar-refractivity contribution >= 4 is 5.97 Å². The lowest BCUT2D eigenvalue weighted by Gasteiger charge is -2.13. The van der Waals surface area contributed by atoms with Gasteiger partial charge >= 0.3 is 5.97 Å². The van der Waals surface area contributed by atoms with Crippen LogP contribution < -0.4 is 0 Å². The molecular weight excluding hydrogens is 144 g/mol. The molecule has 0 aliphatic carbocycles. The van der Waals surface area contributed by atoms with Crippen LogP contribution in [0, 0.1) is 0 Å². The summed E-state index contributed by atoms with van der Waals surface area (Å²) in [5, 5.41) is 0. The summed E-state index contributed by atoms with van der Waals surface area (Å²) in [5.41, 5.74) is 1.03. The highest BCUT2D eigenvalue weighted by Gasteiger charge is 2.06. The van der Waals surface area contributed by atoms with Gasteiger partial charge in [0.15, 0.2) is 0 Å². The number of hydrogen-bond donors (Lipinski definition) is 0. The summed E-state index contributed by atoms with van der Waals surface area (Å²) in [4.78, 5) is 10.7. The fourth-order valence-corrected chi connectivity index (χ4v) is 1.02. The molecule has 1 heterocycles. The zero-order chi connectivity index (χ0) is 8.10. The Balaban J connectivity index is 2.43. The zero-order valence-electron chi connectivity index (χ0n) is 6.63. The Morgan fingerprint density at radius 2 is 2.55 bits per heavy atom. The first-order valence-electron chi connectivity index (χ1n) is 3.68. The Labute approximate surface area is 66.0 Å². The number of carbonyl (C=O) groups excluding carboxylic acids is 1. The van der Waals surface area contributed by atoms with E-state index in [1.165, 1.54) is 13.2 Å². The van der Waals surface area contributed by atoms with E-state index in [2.05, 4.69) is 4.74 Å². The Hall–Kier alpha value is -0.830. The highest BCUT2D eigenvalue weighted by molar-refractivity contribution is 5.82. The maximum Gasteiger partial charge on any atom is 0.330 e. The van der Waals surface area contributed by atoms with Gasteiger partial charge in [-0.3, -0.25) is 0 Å². The molecule has 1 aliphatic heterocycles. The molecule has 11 heavy (non-hydrogen) atoms. The normalized spacial score (nSPS) is 21.7. The molecular formula is C8H12O3. The molecule has 0 unspecified atom stereocenters. The first kappa shape index (κ1) is 8.27. The topological polar surface area (TPSA) is 35.5 Å². The number of rotatable bonds is 1. The summed E-state index contributed by atoms with van der Waals surface area (Å²) >= 11 is 0. The smallest absolute Gasteiger partial charge is 0.330 e. The van der Waals surface area contributed by atoms with Crippen molar-refractivity contribution in [2.24, 2.45) is 0 Å². The molecule has 0 spiro atoms. The second-order valence-electron chi connectivity index (χ2n) is 2.48. The Bertz CT molecular complexity index is 164. The van der Waals surface area contributed by atoms with Crippen molar-refractivity contribution in [3.05, 3.63) is 11.6 Å². The molecule has 0 aromatic heterocycles. The van der Waals surface area contributed by atoms with Gasteiger partial charge in [-0.05, 0) is 18.4 Å². The molecule has 0 saturated carbocycles. The van der Waals surface area contributed by atoms with E-state index >= 15 is 0 Å². The van der Waals surface area contributed by atoms with Crippen molar-refractivity contribution in [1.29, 1.82) is 0 Å². The third-order valence-electron chi connectivity index (χ3n) is 1.60. The standard InChI is InChI=1S/C8H12O3/c1-10-8(9)5-7-3-2-4-11-6-7/h5H,2-4,6H2,1H3/b7-5-. The van der Waals surface area contributed by atoms with E-state index in [1.807, 2.05) is 0 Å². The van der Waals surface area contributed by atoms with Crippen LogP contribution in [0.25, 0.3) is 0 Å². The van der Waals surface area contributed by atoms with Gasteiger partial charge in [-0.1, -0.05) is 0 Å². The van der Waals surface area contributed by atoms with Crippen molar-refractivity contribution in [3.8, 4) is 0 Å². The number of ether oxygens (including phenoxy) is 2. The van der Waals surface area contributed by atoms with E-state index in [-0.39, 0.29) is 5.97 Å². The van der Waals surface area contributed by atoms with Crippen molar-refractivity contribution in [2.75, 3.05) is 20.3 Å². The lowest BCUT2D eigenvalue weighted by atomic mass is 10.1. The van der Waals surface area contributed by atoms with Crippen LogP contribution in [0.4, 0.5) is 0 Å². The fourth-order valence-electron chi connectivity index (χ4n) is 1.02. The molecule has 0 aromatic carbocycles. The molecule has 1 aliphatic rings. The Morgan fingerprint density at radius 3 is 3.09 bits per heavy atom. The Morgan fingerprint density at radius 1 is 1.73 bits per heavy atom. The minimum Gasteiger partial charge on any atom is -0.466 e. The van der Waals surface area contributed by atoms with E-state index in [4.69, 9.17) is 4.74 Å². The average molecular weight is 156 g/mol. The van der Waals surface area contributed by atoms with Crippen LogP contribution >= 0.6 is 0 Å². The molecule has 0 aromatic rings. The first-order valence-corrected chi connectivity index (χ1v) is 3.68. The molecule has 3 heteroatoms. The number of esters is 1. The van der Waals surface area contributed by atoms with Gasteiger partial charge < -0.3 is 9.47 Å². The van der Waals surface area contributed by atoms with Crippen molar-refractivity contribution in [3.63, 3.8) is 0 Å². The third kappa shape index (κ3) is 2.72. The van der Waals surface area contributed by atoms with Gasteiger partial charge in [-0.25, -0.2) is 4.79 Å². The molecule has 1 fully saturated rings. The van der Waals surface area contributed by atoms with Crippen molar-refractivity contribution < 1.29 is 14.3 Å². The lowest BCUT2D eigenvalue weighted by molar-refractivity contribution is -0.134. The lowest BCUT2D eigenvalue weighted by Crippen LogP contribution is -2.10. The van der Waals surface area contributed by atoms with Crippen LogP contribution in [0.5, 0.6) is 0 Å². The predicted molar refractivity (Wildman–Crippen MR) is 40.2 cm³/mol. The monoisotopic (exact) mass is 156 g/mol. The van der Waals surface area contributed by atoms with Gasteiger partial charge in [-0.2, -0.15) is 0 Å². The second-order valence-corrected chi connectivity index (χ2v) is 2.48. The number of hydrogen-bond acceptors (Lipinski definition) is 3. The maximum absolute atomic E-state index is 10.7. The summed E-state index contributed by atoms with van der Waals surface area (Å²) in [6.07, 6.45) is 3.47. The molecule has 1 rings (SSSR count). The van der Waals surface area contributed by atoms with Gasteiger partial charge in [0.1, 0.15) is 0 Å². The molecule has 1 saturated heterocycles. The minimum atomic E-state index is -0.287. The van der Waals surface area contributed by atoms with Crippen LogP contribution in [0.1, 0.15) is 12.8 Å². The highest BCUT2D eigenvalue weighted by atomic mass is 16.5. The number of methoxy groups -OCH3 is 1. The Kier molecular flexibility index (Phi) is 3.11. The van der Waals surface area contributed by atoms with Gasteiger partial charge in [0.05, 0.1) is 13.7 Å². The molecule has 0 amide bonds.